The summed E-state index contributed by atoms with van der Waals surface area (Å²) in [5.74, 6) is -0.795. The highest BCUT2D eigenvalue weighted by Crippen LogP contribution is 2.43. The molecule has 0 saturated carbocycles. The second-order valence-electron chi connectivity index (χ2n) is 23.4. The molecule has 472 valence electrons. The molecule has 0 fully saturated rings. The van der Waals surface area contributed by atoms with Crippen LogP contribution in [-0.4, -0.2) is 74.9 Å². The zero-order valence-electron chi connectivity index (χ0n) is 53.7. The van der Waals surface area contributed by atoms with E-state index in [9.17, 15) is 19.0 Å². The van der Waals surface area contributed by atoms with Gasteiger partial charge in [-0.2, -0.15) is 0 Å². The fourth-order valence-electron chi connectivity index (χ4n) is 9.21. The standard InChI is InChI=1S/C72H126NO8P/c1-6-8-10-12-14-16-18-20-22-24-26-28-30-32-33-34-35-36-37-38-39-41-43-45-47-49-51-53-55-57-59-61-63-65-72(75)81-70(69-80-82(76,77)79-67-66-73(3,4)5)68-78-71(74)64-62-60-58-56-54-52-50-48-46-44-42-40-31-29-27-25-23-21-19-17-15-13-11-9-7-2/h8-11,14-17,20-23,26-29,32-33,70H,6-7,12-13,18-19,24-25,30-31,34-69H2,1-5H3/p+1/b10-8-,11-9-,16-14-,17-15-,22-20-,23-21-,28-26-,29-27-,33-32-. The van der Waals surface area contributed by atoms with Gasteiger partial charge in [0.15, 0.2) is 6.10 Å². The average Bonchev–Trinajstić information content (AvgIpc) is 3.46. The molecule has 10 heteroatoms. The number of unbranched alkanes of at least 4 members (excludes halogenated alkanes) is 29. The predicted octanol–water partition coefficient (Wildman–Crippen LogP) is 21.7. The van der Waals surface area contributed by atoms with E-state index in [1.54, 1.807) is 0 Å². The second kappa shape index (κ2) is 62.2. The minimum absolute atomic E-state index is 0.0284. The van der Waals surface area contributed by atoms with Gasteiger partial charge in [-0.25, -0.2) is 4.57 Å². The number of allylic oxidation sites excluding steroid dienone is 18. The Balaban J connectivity index is 4.06. The van der Waals surface area contributed by atoms with Crippen molar-refractivity contribution in [2.24, 2.45) is 0 Å². The van der Waals surface area contributed by atoms with Gasteiger partial charge in [0, 0.05) is 12.8 Å². The fourth-order valence-corrected chi connectivity index (χ4v) is 9.95. The minimum Gasteiger partial charge on any atom is -0.462 e. The van der Waals surface area contributed by atoms with E-state index in [1.165, 1.54) is 161 Å². The Kier molecular flexibility index (Phi) is 59.7. The maximum absolute atomic E-state index is 12.9. The number of carbonyl (C=O) groups is 2. The summed E-state index contributed by atoms with van der Waals surface area (Å²) in [6.07, 6.45) is 87.5. The molecular formula is C72H127NO8P+. The van der Waals surface area contributed by atoms with E-state index < -0.39 is 26.5 Å². The van der Waals surface area contributed by atoms with Crippen molar-refractivity contribution < 1.29 is 42.1 Å². The van der Waals surface area contributed by atoms with Gasteiger partial charge in [0.05, 0.1) is 27.7 Å². The minimum atomic E-state index is -4.40. The Labute approximate surface area is 506 Å². The van der Waals surface area contributed by atoms with Crippen LogP contribution in [0.3, 0.4) is 0 Å². The van der Waals surface area contributed by atoms with Crippen molar-refractivity contribution in [3.8, 4) is 0 Å². The van der Waals surface area contributed by atoms with Gasteiger partial charge in [0.2, 0.25) is 0 Å². The van der Waals surface area contributed by atoms with Gasteiger partial charge in [0.1, 0.15) is 19.8 Å². The summed E-state index contributed by atoms with van der Waals surface area (Å²) in [6.45, 7) is 4.23. The summed E-state index contributed by atoms with van der Waals surface area (Å²) in [5, 5.41) is 0. The van der Waals surface area contributed by atoms with E-state index >= 15 is 0 Å². The topological polar surface area (TPSA) is 108 Å². The Hall–Kier alpha value is -3.33. The van der Waals surface area contributed by atoms with Crippen molar-refractivity contribution in [1.82, 2.24) is 0 Å². The molecule has 0 aromatic heterocycles. The van der Waals surface area contributed by atoms with Crippen molar-refractivity contribution in [1.29, 1.82) is 0 Å². The molecule has 0 spiro atoms. The third-order valence-corrected chi connectivity index (χ3v) is 15.3. The normalized spacial score (nSPS) is 13.9. The highest BCUT2D eigenvalue weighted by atomic mass is 31.2. The average molecular weight is 1170 g/mol. The molecule has 0 aliphatic carbocycles. The lowest BCUT2D eigenvalue weighted by molar-refractivity contribution is -0.870. The van der Waals surface area contributed by atoms with Gasteiger partial charge in [-0.1, -0.05) is 284 Å². The zero-order chi connectivity index (χ0) is 59.8. The maximum Gasteiger partial charge on any atom is 0.472 e. The Morgan fingerprint density at radius 2 is 0.659 bits per heavy atom. The first-order chi connectivity index (χ1) is 40.0. The molecule has 0 aliphatic rings. The number of nitrogens with zero attached hydrogens (tertiary/aromatic N) is 1. The Morgan fingerprint density at radius 1 is 0.378 bits per heavy atom. The molecule has 9 nitrogen and oxygen atoms in total. The highest BCUT2D eigenvalue weighted by Gasteiger charge is 2.27. The molecule has 2 atom stereocenters. The Morgan fingerprint density at radius 3 is 0.976 bits per heavy atom. The van der Waals surface area contributed by atoms with Crippen molar-refractivity contribution in [3.05, 3.63) is 109 Å². The van der Waals surface area contributed by atoms with Crippen LogP contribution in [0, 0.1) is 0 Å². The second-order valence-corrected chi connectivity index (χ2v) is 24.9. The number of phosphoric acid groups is 1. The molecule has 82 heavy (non-hydrogen) atoms. The summed E-state index contributed by atoms with van der Waals surface area (Å²) in [7, 11) is 1.47. The molecule has 0 aromatic rings. The van der Waals surface area contributed by atoms with Crippen LogP contribution >= 0.6 is 7.82 Å². The van der Waals surface area contributed by atoms with Crippen LogP contribution in [0.4, 0.5) is 0 Å². The van der Waals surface area contributed by atoms with Gasteiger partial charge >= 0.3 is 19.8 Å². The number of likely N-dealkylation sites (N-methyl/N-ethyl adjacent to an activating group) is 1. The van der Waals surface area contributed by atoms with E-state index in [0.717, 1.165) is 89.9 Å². The first-order valence-corrected chi connectivity index (χ1v) is 35.1. The maximum atomic E-state index is 12.9. The summed E-state index contributed by atoms with van der Waals surface area (Å²) in [5.41, 5.74) is 0. The van der Waals surface area contributed by atoms with Crippen LogP contribution in [0.25, 0.3) is 0 Å². The van der Waals surface area contributed by atoms with Crippen molar-refractivity contribution in [3.63, 3.8) is 0 Å². The Bertz CT molecular complexity index is 1750. The summed E-state index contributed by atoms with van der Waals surface area (Å²) >= 11 is 0. The summed E-state index contributed by atoms with van der Waals surface area (Å²) in [4.78, 5) is 35.9. The number of hydrogen-bond acceptors (Lipinski definition) is 7. The van der Waals surface area contributed by atoms with Gasteiger partial charge in [-0.3, -0.25) is 18.6 Å². The third kappa shape index (κ3) is 65.8. The van der Waals surface area contributed by atoms with E-state index in [2.05, 4.69) is 123 Å². The van der Waals surface area contributed by atoms with Gasteiger partial charge < -0.3 is 18.9 Å². The molecule has 1 N–H and O–H groups in total. The number of rotatable bonds is 61. The lowest BCUT2D eigenvalue weighted by atomic mass is 10.0. The van der Waals surface area contributed by atoms with Crippen molar-refractivity contribution in [2.45, 2.75) is 290 Å². The molecule has 0 bridgehead atoms. The SMILES string of the molecule is CC/C=C\C/C=C\C/C=C\C/C=C\C/C=C\CCCCCCCCCCCCCCCCCCCC(=O)OC(COC(=O)CCCCCCCCCCCCCC/C=C\C/C=C\C/C=C\C/C=C\CC)COP(=O)(O)OCC[N+](C)(C)C. The van der Waals surface area contributed by atoms with Crippen molar-refractivity contribution in [2.75, 3.05) is 47.5 Å². The van der Waals surface area contributed by atoms with Crippen LogP contribution in [0.1, 0.15) is 284 Å². The number of carbonyl (C=O) groups excluding carboxylic acids is 2. The van der Waals surface area contributed by atoms with E-state index in [4.69, 9.17) is 18.5 Å². The molecule has 0 rings (SSSR count). The van der Waals surface area contributed by atoms with Crippen LogP contribution < -0.4 is 0 Å². The first kappa shape index (κ1) is 78.7. The molecule has 0 aliphatic heterocycles. The monoisotopic (exact) mass is 1160 g/mol. The van der Waals surface area contributed by atoms with Gasteiger partial charge in [-0.05, 0) is 96.3 Å². The fraction of sp³-hybridized carbons (Fsp3) is 0.722. The molecule has 0 saturated heterocycles. The predicted molar refractivity (Wildman–Crippen MR) is 353 cm³/mol. The quantitative estimate of drug-likeness (QED) is 0.0211. The molecule has 0 amide bonds. The molecular weight excluding hydrogens is 1040 g/mol. The molecule has 0 radical (unpaired) electrons. The zero-order valence-corrected chi connectivity index (χ0v) is 54.6. The number of ether oxygens (including phenoxy) is 2. The smallest absolute Gasteiger partial charge is 0.462 e. The summed E-state index contributed by atoms with van der Waals surface area (Å²) < 4.78 is 34.7. The largest absolute Gasteiger partial charge is 0.472 e. The van der Waals surface area contributed by atoms with E-state index in [0.29, 0.717) is 17.4 Å². The van der Waals surface area contributed by atoms with Gasteiger partial charge in [0.25, 0.3) is 0 Å². The molecule has 0 aromatic carbocycles. The first-order valence-electron chi connectivity index (χ1n) is 33.6. The summed E-state index contributed by atoms with van der Waals surface area (Å²) in [6, 6.07) is 0. The van der Waals surface area contributed by atoms with Crippen LogP contribution in [0.2, 0.25) is 0 Å². The van der Waals surface area contributed by atoms with Crippen LogP contribution in [0.5, 0.6) is 0 Å². The number of quaternary nitrogens is 1. The molecule has 2 unspecified atom stereocenters. The lowest BCUT2D eigenvalue weighted by Crippen LogP contribution is -2.37. The number of esters is 2. The number of phosphoric ester groups is 1. The van der Waals surface area contributed by atoms with Crippen LogP contribution in [-0.2, 0) is 32.7 Å². The molecule has 0 heterocycles. The highest BCUT2D eigenvalue weighted by molar-refractivity contribution is 7.47. The van der Waals surface area contributed by atoms with Crippen molar-refractivity contribution >= 4 is 19.8 Å². The van der Waals surface area contributed by atoms with E-state index in [1.807, 2.05) is 21.1 Å². The van der Waals surface area contributed by atoms with Gasteiger partial charge in [-0.15, -0.1) is 0 Å². The number of hydrogen-bond donors (Lipinski definition) is 1. The lowest BCUT2D eigenvalue weighted by Gasteiger charge is -2.24. The third-order valence-electron chi connectivity index (χ3n) is 14.3. The van der Waals surface area contributed by atoms with E-state index in [-0.39, 0.29) is 32.0 Å². The van der Waals surface area contributed by atoms with Crippen LogP contribution in [0.15, 0.2) is 109 Å².